The molecule has 0 aliphatic rings. The van der Waals surface area contributed by atoms with Crippen LogP contribution in [0.2, 0.25) is 5.02 Å². The lowest BCUT2D eigenvalue weighted by Crippen LogP contribution is -2.23. The number of ether oxygens (including phenoxy) is 1. The minimum atomic E-state index is -0.497. The molecule has 1 atom stereocenters. The van der Waals surface area contributed by atoms with E-state index in [2.05, 4.69) is 10.3 Å². The number of esters is 1. The first kappa shape index (κ1) is 19.6. The Labute approximate surface area is 168 Å². The number of anilines is 1. The highest BCUT2D eigenvalue weighted by Gasteiger charge is 2.22. The molecule has 0 saturated heterocycles. The van der Waals surface area contributed by atoms with Crippen LogP contribution in [0.25, 0.3) is 0 Å². The van der Waals surface area contributed by atoms with Gasteiger partial charge in [0.05, 0.1) is 29.3 Å². The fourth-order valence-electron chi connectivity index (χ4n) is 2.89. The lowest BCUT2D eigenvalue weighted by Gasteiger charge is -2.18. The zero-order valence-corrected chi connectivity index (χ0v) is 16.0. The summed E-state index contributed by atoms with van der Waals surface area (Å²) in [4.78, 5) is 28.9. The van der Waals surface area contributed by atoms with Crippen LogP contribution in [-0.2, 0) is 16.0 Å². The standard InChI is InChI=1S/C22H19ClN2O3/c1-28-22(27)17-7-8-19(23)20(14-17)25-21(26)18(16-5-3-2-4-6-16)13-15-9-11-24-12-10-15/h2-12,14,18H,13H2,1H3,(H,25,26). The van der Waals surface area contributed by atoms with Gasteiger partial charge in [0.1, 0.15) is 0 Å². The number of carbonyl (C=O) groups excluding carboxylic acids is 2. The molecule has 1 aromatic heterocycles. The third-order valence-corrected chi connectivity index (χ3v) is 4.68. The van der Waals surface area contributed by atoms with E-state index in [1.54, 1.807) is 24.5 Å². The lowest BCUT2D eigenvalue weighted by atomic mass is 9.91. The van der Waals surface area contributed by atoms with Gasteiger partial charge in [0.2, 0.25) is 5.91 Å². The van der Waals surface area contributed by atoms with Gasteiger partial charge in [-0.1, -0.05) is 41.9 Å². The SMILES string of the molecule is COC(=O)c1ccc(Cl)c(NC(=O)C(Cc2ccncc2)c2ccccc2)c1. The summed E-state index contributed by atoms with van der Waals surface area (Å²) >= 11 is 6.22. The maximum Gasteiger partial charge on any atom is 0.337 e. The molecule has 0 aliphatic carbocycles. The second-order valence-electron chi connectivity index (χ2n) is 6.20. The molecule has 142 valence electrons. The highest BCUT2D eigenvalue weighted by atomic mass is 35.5. The number of aromatic nitrogens is 1. The molecule has 3 aromatic rings. The number of halogens is 1. The van der Waals surface area contributed by atoms with Crippen molar-refractivity contribution >= 4 is 29.2 Å². The molecule has 0 saturated carbocycles. The predicted octanol–water partition coefficient (Wildman–Crippen LogP) is 4.49. The number of hydrogen-bond acceptors (Lipinski definition) is 4. The van der Waals surface area contributed by atoms with Gasteiger partial charge in [0, 0.05) is 12.4 Å². The van der Waals surface area contributed by atoms with Gasteiger partial charge in [-0.15, -0.1) is 0 Å². The van der Waals surface area contributed by atoms with Crippen LogP contribution in [0.5, 0.6) is 0 Å². The Kier molecular flexibility index (Phi) is 6.40. The molecule has 0 aliphatic heterocycles. The Morgan fingerprint density at radius 2 is 1.79 bits per heavy atom. The van der Waals surface area contributed by atoms with E-state index in [0.717, 1.165) is 11.1 Å². The van der Waals surface area contributed by atoms with E-state index in [4.69, 9.17) is 16.3 Å². The number of carbonyl (C=O) groups is 2. The van der Waals surface area contributed by atoms with E-state index in [1.807, 2.05) is 42.5 Å². The van der Waals surface area contributed by atoms with Crippen molar-refractivity contribution in [1.82, 2.24) is 4.98 Å². The van der Waals surface area contributed by atoms with Gasteiger partial charge < -0.3 is 10.1 Å². The Morgan fingerprint density at radius 1 is 1.07 bits per heavy atom. The molecule has 6 heteroatoms. The van der Waals surface area contributed by atoms with E-state index < -0.39 is 11.9 Å². The normalized spacial score (nSPS) is 11.5. The van der Waals surface area contributed by atoms with Crippen molar-refractivity contribution in [2.45, 2.75) is 12.3 Å². The first-order valence-corrected chi connectivity index (χ1v) is 9.09. The van der Waals surface area contributed by atoms with Crippen LogP contribution in [0.1, 0.15) is 27.4 Å². The lowest BCUT2D eigenvalue weighted by molar-refractivity contribution is -0.117. The minimum Gasteiger partial charge on any atom is -0.465 e. The molecule has 2 aromatic carbocycles. The van der Waals surface area contributed by atoms with Crippen molar-refractivity contribution in [3.05, 3.63) is 94.8 Å². The summed E-state index contributed by atoms with van der Waals surface area (Å²) in [5.41, 5.74) is 2.56. The number of benzene rings is 2. The average Bonchev–Trinajstić information content (AvgIpc) is 2.74. The highest BCUT2D eigenvalue weighted by molar-refractivity contribution is 6.34. The molecule has 1 amide bonds. The van der Waals surface area contributed by atoms with Crippen molar-refractivity contribution in [2.75, 3.05) is 12.4 Å². The quantitative estimate of drug-likeness (QED) is 0.625. The molecule has 1 unspecified atom stereocenters. The number of pyridine rings is 1. The van der Waals surface area contributed by atoms with Gasteiger partial charge in [-0.05, 0) is 47.9 Å². The summed E-state index contributed by atoms with van der Waals surface area (Å²) in [6.07, 6.45) is 3.91. The van der Waals surface area contributed by atoms with Crippen LogP contribution in [0.15, 0.2) is 73.1 Å². The van der Waals surface area contributed by atoms with Crippen LogP contribution in [0.3, 0.4) is 0 Å². The van der Waals surface area contributed by atoms with Crippen LogP contribution in [0.4, 0.5) is 5.69 Å². The Balaban J connectivity index is 1.89. The van der Waals surface area contributed by atoms with Gasteiger partial charge in [-0.3, -0.25) is 9.78 Å². The molecule has 0 fully saturated rings. The monoisotopic (exact) mass is 394 g/mol. The molecular formula is C22H19ClN2O3. The molecular weight excluding hydrogens is 376 g/mol. The fourth-order valence-corrected chi connectivity index (χ4v) is 3.05. The number of hydrogen-bond donors (Lipinski definition) is 1. The van der Waals surface area contributed by atoms with Crippen LogP contribution >= 0.6 is 11.6 Å². The van der Waals surface area contributed by atoms with Crippen molar-refractivity contribution < 1.29 is 14.3 Å². The van der Waals surface area contributed by atoms with Crippen molar-refractivity contribution in [2.24, 2.45) is 0 Å². The highest BCUT2D eigenvalue weighted by Crippen LogP contribution is 2.27. The molecule has 0 radical (unpaired) electrons. The molecule has 1 heterocycles. The number of nitrogens with zero attached hydrogens (tertiary/aromatic N) is 1. The van der Waals surface area contributed by atoms with Gasteiger partial charge in [-0.25, -0.2) is 4.79 Å². The molecule has 1 N–H and O–H groups in total. The molecule has 0 bridgehead atoms. The van der Waals surface area contributed by atoms with Crippen molar-refractivity contribution in [1.29, 1.82) is 0 Å². The van der Waals surface area contributed by atoms with E-state index >= 15 is 0 Å². The number of amides is 1. The summed E-state index contributed by atoms with van der Waals surface area (Å²) in [7, 11) is 1.30. The van der Waals surface area contributed by atoms with E-state index in [0.29, 0.717) is 22.7 Å². The third-order valence-electron chi connectivity index (χ3n) is 4.35. The molecule has 28 heavy (non-hydrogen) atoms. The third kappa shape index (κ3) is 4.75. The second kappa shape index (κ2) is 9.15. The minimum absolute atomic E-state index is 0.216. The average molecular weight is 395 g/mol. The number of methoxy groups -OCH3 is 1. The zero-order chi connectivity index (χ0) is 19.9. The van der Waals surface area contributed by atoms with Gasteiger partial charge in [-0.2, -0.15) is 0 Å². The summed E-state index contributed by atoms with van der Waals surface area (Å²) < 4.78 is 4.73. The molecule has 3 rings (SSSR count). The Hall–Kier alpha value is -3.18. The smallest absolute Gasteiger partial charge is 0.337 e. The Bertz CT molecular complexity index is 962. The number of nitrogens with one attached hydrogen (secondary N) is 1. The number of rotatable bonds is 6. The summed E-state index contributed by atoms with van der Waals surface area (Å²) in [6, 6.07) is 17.9. The maximum atomic E-state index is 13.1. The van der Waals surface area contributed by atoms with Gasteiger partial charge in [0.15, 0.2) is 0 Å². The zero-order valence-electron chi connectivity index (χ0n) is 15.3. The first-order valence-electron chi connectivity index (χ1n) is 8.71. The van der Waals surface area contributed by atoms with E-state index in [9.17, 15) is 9.59 Å². The van der Waals surface area contributed by atoms with Crippen molar-refractivity contribution in [3.8, 4) is 0 Å². The summed E-state index contributed by atoms with van der Waals surface area (Å²) in [5, 5.41) is 3.20. The van der Waals surface area contributed by atoms with Crippen LogP contribution < -0.4 is 5.32 Å². The largest absolute Gasteiger partial charge is 0.465 e. The Morgan fingerprint density at radius 3 is 2.46 bits per heavy atom. The molecule has 0 spiro atoms. The van der Waals surface area contributed by atoms with Gasteiger partial charge >= 0.3 is 5.97 Å². The second-order valence-corrected chi connectivity index (χ2v) is 6.61. The summed E-state index contributed by atoms with van der Waals surface area (Å²) in [6.45, 7) is 0. The van der Waals surface area contributed by atoms with Crippen molar-refractivity contribution in [3.63, 3.8) is 0 Å². The van der Waals surface area contributed by atoms with Crippen LogP contribution in [0, 0.1) is 0 Å². The first-order chi connectivity index (χ1) is 13.6. The topological polar surface area (TPSA) is 68.3 Å². The van der Waals surface area contributed by atoms with Crippen LogP contribution in [-0.4, -0.2) is 24.0 Å². The predicted molar refractivity (Wildman–Crippen MR) is 109 cm³/mol. The summed E-state index contributed by atoms with van der Waals surface area (Å²) in [5.74, 6) is -1.14. The van der Waals surface area contributed by atoms with E-state index in [-0.39, 0.29) is 5.91 Å². The van der Waals surface area contributed by atoms with E-state index in [1.165, 1.54) is 13.2 Å². The fraction of sp³-hybridized carbons (Fsp3) is 0.136. The van der Waals surface area contributed by atoms with Gasteiger partial charge in [0.25, 0.3) is 0 Å². The maximum absolute atomic E-state index is 13.1. The molecule has 5 nitrogen and oxygen atoms in total.